The van der Waals surface area contributed by atoms with Gasteiger partial charge >= 0.3 is 0 Å². The summed E-state index contributed by atoms with van der Waals surface area (Å²) >= 11 is 6.10. The van der Waals surface area contributed by atoms with Gasteiger partial charge in [-0.15, -0.1) is 0 Å². The van der Waals surface area contributed by atoms with Crippen molar-refractivity contribution in [1.29, 1.82) is 0 Å². The van der Waals surface area contributed by atoms with Crippen molar-refractivity contribution in [3.05, 3.63) is 69.8 Å². The van der Waals surface area contributed by atoms with E-state index in [9.17, 15) is 14.7 Å². The first-order valence-corrected chi connectivity index (χ1v) is 12.4. The Morgan fingerprint density at radius 1 is 1.11 bits per heavy atom. The summed E-state index contributed by atoms with van der Waals surface area (Å²) in [7, 11) is 0. The zero-order valence-corrected chi connectivity index (χ0v) is 20.9. The summed E-state index contributed by atoms with van der Waals surface area (Å²) in [6.07, 6.45) is 0.885. The third kappa shape index (κ3) is 5.53. The van der Waals surface area contributed by atoms with Gasteiger partial charge in [-0.25, -0.2) is 0 Å². The molecule has 0 saturated carbocycles. The van der Waals surface area contributed by atoms with Gasteiger partial charge in [0.25, 0.3) is 11.7 Å². The van der Waals surface area contributed by atoms with Crippen LogP contribution in [0.4, 0.5) is 0 Å². The van der Waals surface area contributed by atoms with Crippen LogP contribution in [0.2, 0.25) is 5.02 Å². The van der Waals surface area contributed by atoms with E-state index in [0.717, 1.165) is 36.4 Å². The van der Waals surface area contributed by atoms with E-state index in [1.807, 2.05) is 13.8 Å². The molecular formula is C27H31ClN2O5. The van der Waals surface area contributed by atoms with Gasteiger partial charge in [-0.3, -0.25) is 14.5 Å². The molecule has 1 N–H and O–H groups in total. The lowest BCUT2D eigenvalue weighted by Gasteiger charge is -2.31. The van der Waals surface area contributed by atoms with Gasteiger partial charge in [0.1, 0.15) is 11.5 Å². The molecule has 1 amide bonds. The molecule has 0 aliphatic carbocycles. The Bertz CT molecular complexity index is 1110. The van der Waals surface area contributed by atoms with E-state index in [0.29, 0.717) is 43.5 Å². The molecule has 0 bridgehead atoms. The van der Waals surface area contributed by atoms with E-state index in [1.54, 1.807) is 47.4 Å². The zero-order chi connectivity index (χ0) is 24.9. The lowest BCUT2D eigenvalue weighted by atomic mass is 9.95. The van der Waals surface area contributed by atoms with Crippen LogP contribution in [0.3, 0.4) is 0 Å². The summed E-state index contributed by atoms with van der Waals surface area (Å²) < 4.78 is 11.1. The average molecular weight is 499 g/mol. The number of Topliss-reactive ketones (excluding diaryl/α,β-unsaturated/α-hetero) is 1. The van der Waals surface area contributed by atoms with E-state index in [2.05, 4.69) is 4.90 Å². The highest BCUT2D eigenvalue weighted by atomic mass is 35.5. The van der Waals surface area contributed by atoms with Crippen LogP contribution in [0.15, 0.2) is 48.0 Å². The van der Waals surface area contributed by atoms with Crippen molar-refractivity contribution in [1.82, 2.24) is 9.80 Å². The summed E-state index contributed by atoms with van der Waals surface area (Å²) in [6, 6.07) is 11.6. The Morgan fingerprint density at radius 3 is 2.49 bits per heavy atom. The first-order valence-electron chi connectivity index (χ1n) is 12.0. The third-order valence-electron chi connectivity index (χ3n) is 6.40. The molecule has 0 spiro atoms. The highest BCUT2D eigenvalue weighted by Crippen LogP contribution is 2.40. The number of amides is 1. The predicted octanol–water partition coefficient (Wildman–Crippen LogP) is 4.19. The molecule has 2 aliphatic heterocycles. The Kier molecular flexibility index (Phi) is 8.11. The molecule has 2 aromatic rings. The fraction of sp³-hybridized carbons (Fsp3) is 0.407. The molecule has 8 heteroatoms. The summed E-state index contributed by atoms with van der Waals surface area (Å²) in [5.41, 5.74) is 2.11. The van der Waals surface area contributed by atoms with Crippen LogP contribution in [0.25, 0.3) is 5.76 Å². The minimum absolute atomic E-state index is 0.0842. The molecule has 0 aromatic heterocycles. The minimum Gasteiger partial charge on any atom is -0.507 e. The second kappa shape index (κ2) is 11.2. The van der Waals surface area contributed by atoms with Crippen LogP contribution in [-0.4, -0.2) is 72.6 Å². The summed E-state index contributed by atoms with van der Waals surface area (Å²) in [4.78, 5) is 30.2. The van der Waals surface area contributed by atoms with Gasteiger partial charge in [-0.2, -0.15) is 0 Å². The molecule has 0 radical (unpaired) electrons. The van der Waals surface area contributed by atoms with Gasteiger partial charge in [0.05, 0.1) is 31.4 Å². The number of benzene rings is 2. The number of carbonyl (C=O) groups excluding carboxylic acids is 2. The molecule has 35 heavy (non-hydrogen) atoms. The molecule has 2 heterocycles. The number of aliphatic hydroxyl groups is 1. The molecule has 2 fully saturated rings. The number of carbonyl (C=O) groups is 2. The number of rotatable bonds is 8. The van der Waals surface area contributed by atoms with Gasteiger partial charge in [0.15, 0.2) is 0 Å². The number of morpholine rings is 1. The molecule has 186 valence electrons. The normalized spacial score (nSPS) is 20.4. The zero-order valence-electron chi connectivity index (χ0n) is 20.1. The maximum absolute atomic E-state index is 13.2. The van der Waals surface area contributed by atoms with Crippen molar-refractivity contribution >= 4 is 29.1 Å². The summed E-state index contributed by atoms with van der Waals surface area (Å²) in [6.45, 7) is 8.34. The summed E-state index contributed by atoms with van der Waals surface area (Å²) in [5, 5.41) is 11.9. The molecule has 2 aliphatic rings. The van der Waals surface area contributed by atoms with Crippen molar-refractivity contribution < 1.29 is 24.2 Å². The highest BCUT2D eigenvalue weighted by Gasteiger charge is 2.46. The number of ether oxygens (including phenoxy) is 2. The van der Waals surface area contributed by atoms with Gasteiger partial charge in [0.2, 0.25) is 0 Å². The number of ketones is 1. The van der Waals surface area contributed by atoms with Gasteiger partial charge in [-0.1, -0.05) is 30.7 Å². The highest BCUT2D eigenvalue weighted by molar-refractivity contribution is 6.46. The Hall–Kier alpha value is -2.87. The van der Waals surface area contributed by atoms with E-state index in [1.165, 1.54) is 0 Å². The Morgan fingerprint density at radius 2 is 1.83 bits per heavy atom. The van der Waals surface area contributed by atoms with Crippen LogP contribution in [0, 0.1) is 6.92 Å². The van der Waals surface area contributed by atoms with Crippen LogP contribution < -0.4 is 4.74 Å². The molecule has 0 unspecified atom stereocenters. The summed E-state index contributed by atoms with van der Waals surface area (Å²) in [5.74, 6) is -0.765. The molecule has 1 atom stereocenters. The Balaban J connectivity index is 1.71. The van der Waals surface area contributed by atoms with Crippen molar-refractivity contribution in [2.45, 2.75) is 26.3 Å². The smallest absolute Gasteiger partial charge is 0.295 e. The number of hydrogen-bond acceptors (Lipinski definition) is 6. The van der Waals surface area contributed by atoms with E-state index >= 15 is 0 Å². The fourth-order valence-electron chi connectivity index (χ4n) is 4.50. The maximum atomic E-state index is 13.2. The quantitative estimate of drug-likeness (QED) is 0.334. The number of aliphatic hydroxyl groups excluding tert-OH is 1. The fourth-order valence-corrected chi connectivity index (χ4v) is 4.63. The Labute approximate surface area is 210 Å². The van der Waals surface area contributed by atoms with Crippen LogP contribution in [0.1, 0.15) is 36.1 Å². The first-order chi connectivity index (χ1) is 16.9. The first kappa shape index (κ1) is 25.2. The SMILES string of the molecule is CCCOc1ccc(C(O)=C2C(=O)C(=O)N(CCN3CCOCC3)[C@H]2c2ccc(Cl)cc2)cc1C. The number of likely N-dealkylation sites (tertiary alicyclic amines) is 1. The van der Waals surface area contributed by atoms with Crippen LogP contribution >= 0.6 is 11.6 Å². The van der Waals surface area contributed by atoms with E-state index in [4.69, 9.17) is 21.1 Å². The second-order valence-corrected chi connectivity index (χ2v) is 9.26. The van der Waals surface area contributed by atoms with Crippen molar-refractivity contribution in [3.63, 3.8) is 0 Å². The van der Waals surface area contributed by atoms with Crippen molar-refractivity contribution in [2.75, 3.05) is 46.0 Å². The maximum Gasteiger partial charge on any atom is 0.295 e. The van der Waals surface area contributed by atoms with E-state index < -0.39 is 17.7 Å². The molecular weight excluding hydrogens is 468 g/mol. The lowest BCUT2D eigenvalue weighted by molar-refractivity contribution is -0.140. The predicted molar refractivity (Wildman–Crippen MR) is 135 cm³/mol. The molecule has 2 saturated heterocycles. The van der Waals surface area contributed by atoms with Crippen molar-refractivity contribution in [3.8, 4) is 5.75 Å². The number of halogens is 1. The van der Waals surface area contributed by atoms with Gasteiger partial charge in [0, 0.05) is 36.8 Å². The van der Waals surface area contributed by atoms with Crippen molar-refractivity contribution in [2.24, 2.45) is 0 Å². The largest absolute Gasteiger partial charge is 0.507 e. The minimum atomic E-state index is -0.704. The van der Waals surface area contributed by atoms with Gasteiger partial charge in [-0.05, 0) is 54.8 Å². The topological polar surface area (TPSA) is 79.3 Å². The number of aryl methyl sites for hydroxylation is 1. The third-order valence-corrected chi connectivity index (χ3v) is 6.65. The number of nitrogens with zero attached hydrogens (tertiary/aromatic N) is 2. The molecule has 7 nitrogen and oxygen atoms in total. The standard InChI is InChI=1S/C27H31ClN2O5/c1-3-14-35-22-9-6-20(17-18(22)2)25(31)23-24(19-4-7-21(28)8-5-19)30(27(33)26(23)32)11-10-29-12-15-34-16-13-29/h4-9,17,24,31H,3,10-16H2,1-2H3/t24-/m0/s1. The van der Waals surface area contributed by atoms with E-state index in [-0.39, 0.29) is 11.3 Å². The van der Waals surface area contributed by atoms with Crippen LogP contribution in [-0.2, 0) is 14.3 Å². The second-order valence-electron chi connectivity index (χ2n) is 8.83. The monoisotopic (exact) mass is 498 g/mol. The van der Waals surface area contributed by atoms with Gasteiger partial charge < -0.3 is 19.5 Å². The molecule has 2 aromatic carbocycles. The van der Waals surface area contributed by atoms with Crippen LogP contribution in [0.5, 0.6) is 5.75 Å². The molecule has 4 rings (SSSR count). The lowest BCUT2D eigenvalue weighted by Crippen LogP contribution is -2.42. The number of hydrogen-bond donors (Lipinski definition) is 1. The average Bonchev–Trinajstić information content (AvgIpc) is 3.12.